The molecule has 0 radical (unpaired) electrons. The number of aromatic nitrogens is 4. The zero-order valence-corrected chi connectivity index (χ0v) is 6.13. The molecule has 0 saturated carbocycles. The SMILES string of the molecule is C1Cn2nnnc2CN1.Cl. The lowest BCUT2D eigenvalue weighted by molar-refractivity contribution is 0.464. The topological polar surface area (TPSA) is 55.6 Å². The third-order valence-corrected chi connectivity index (χ3v) is 1.39. The molecule has 0 bridgehead atoms. The maximum Gasteiger partial charge on any atom is 0.165 e. The summed E-state index contributed by atoms with van der Waals surface area (Å²) in [4.78, 5) is 0. The van der Waals surface area contributed by atoms with Gasteiger partial charge in [-0.25, -0.2) is 4.68 Å². The molecule has 1 N–H and O–H groups in total. The van der Waals surface area contributed by atoms with Crippen LogP contribution in [0.4, 0.5) is 0 Å². The van der Waals surface area contributed by atoms with Crippen LogP contribution in [0, 0.1) is 0 Å². The summed E-state index contributed by atoms with van der Waals surface area (Å²) in [7, 11) is 0. The highest BCUT2D eigenvalue weighted by atomic mass is 35.5. The van der Waals surface area contributed by atoms with Crippen molar-refractivity contribution in [3.63, 3.8) is 0 Å². The standard InChI is InChI=1S/C4H7N5.ClH/c1-2-9-4(3-5-1)6-7-8-9;/h5H,1-3H2;1H. The van der Waals surface area contributed by atoms with Gasteiger partial charge in [-0.1, -0.05) is 0 Å². The lowest BCUT2D eigenvalue weighted by atomic mass is 10.4. The Labute approximate surface area is 64.2 Å². The normalized spacial score (nSPS) is 15.6. The molecule has 0 atom stereocenters. The van der Waals surface area contributed by atoms with Crippen molar-refractivity contribution in [2.75, 3.05) is 6.54 Å². The van der Waals surface area contributed by atoms with Crippen molar-refractivity contribution in [3.8, 4) is 0 Å². The minimum Gasteiger partial charge on any atom is -0.308 e. The van der Waals surface area contributed by atoms with Crippen LogP contribution in [-0.2, 0) is 13.1 Å². The molecule has 56 valence electrons. The fourth-order valence-corrected chi connectivity index (χ4v) is 0.909. The van der Waals surface area contributed by atoms with E-state index in [1.54, 1.807) is 0 Å². The molecule has 1 aromatic rings. The van der Waals surface area contributed by atoms with Gasteiger partial charge in [-0.05, 0) is 10.4 Å². The molecule has 2 rings (SSSR count). The summed E-state index contributed by atoms with van der Waals surface area (Å²) < 4.78 is 1.82. The van der Waals surface area contributed by atoms with E-state index in [2.05, 4.69) is 20.8 Å². The Kier molecular flexibility index (Phi) is 2.18. The van der Waals surface area contributed by atoms with Crippen molar-refractivity contribution in [1.82, 2.24) is 25.5 Å². The zero-order chi connectivity index (χ0) is 6.10. The predicted molar refractivity (Wildman–Crippen MR) is 36.8 cm³/mol. The van der Waals surface area contributed by atoms with Gasteiger partial charge in [0.2, 0.25) is 0 Å². The monoisotopic (exact) mass is 161 g/mol. The molecule has 1 aliphatic heterocycles. The molecular weight excluding hydrogens is 154 g/mol. The molecule has 1 aliphatic rings. The highest BCUT2D eigenvalue weighted by molar-refractivity contribution is 5.85. The zero-order valence-electron chi connectivity index (χ0n) is 5.32. The van der Waals surface area contributed by atoms with E-state index in [1.807, 2.05) is 4.68 Å². The maximum absolute atomic E-state index is 3.80. The minimum absolute atomic E-state index is 0. The third-order valence-electron chi connectivity index (χ3n) is 1.39. The van der Waals surface area contributed by atoms with E-state index in [4.69, 9.17) is 0 Å². The van der Waals surface area contributed by atoms with Gasteiger partial charge < -0.3 is 5.32 Å². The average molecular weight is 162 g/mol. The minimum atomic E-state index is 0. The first-order valence-corrected chi connectivity index (χ1v) is 2.92. The Morgan fingerprint density at radius 3 is 3.20 bits per heavy atom. The fraction of sp³-hybridized carbons (Fsp3) is 0.750. The summed E-state index contributed by atoms with van der Waals surface area (Å²) in [5.74, 6) is 0.932. The molecule has 5 nitrogen and oxygen atoms in total. The number of hydrogen-bond donors (Lipinski definition) is 1. The average Bonchev–Trinajstić information content (AvgIpc) is 2.33. The van der Waals surface area contributed by atoms with E-state index in [1.165, 1.54) is 0 Å². The van der Waals surface area contributed by atoms with Gasteiger partial charge in [0, 0.05) is 6.54 Å². The van der Waals surface area contributed by atoms with Crippen molar-refractivity contribution in [2.24, 2.45) is 0 Å². The summed E-state index contributed by atoms with van der Waals surface area (Å²) in [5, 5.41) is 14.3. The number of rotatable bonds is 0. The number of tetrazole rings is 1. The Balaban J connectivity index is 0.000000500. The molecule has 6 heteroatoms. The molecule has 2 heterocycles. The van der Waals surface area contributed by atoms with Crippen LogP contribution < -0.4 is 5.32 Å². The van der Waals surface area contributed by atoms with Crippen molar-refractivity contribution in [2.45, 2.75) is 13.1 Å². The molecule has 0 amide bonds. The lowest BCUT2D eigenvalue weighted by Crippen LogP contribution is -2.28. The molecule has 1 aromatic heterocycles. The van der Waals surface area contributed by atoms with Crippen LogP contribution in [-0.4, -0.2) is 26.8 Å². The summed E-state index contributed by atoms with van der Waals surface area (Å²) in [6, 6.07) is 0. The largest absolute Gasteiger partial charge is 0.308 e. The van der Waals surface area contributed by atoms with Crippen molar-refractivity contribution in [3.05, 3.63) is 5.82 Å². The van der Waals surface area contributed by atoms with Crippen LogP contribution >= 0.6 is 12.4 Å². The van der Waals surface area contributed by atoms with Gasteiger partial charge in [-0.2, -0.15) is 0 Å². The first-order valence-electron chi connectivity index (χ1n) is 2.92. The van der Waals surface area contributed by atoms with Gasteiger partial charge in [0.05, 0.1) is 13.1 Å². The lowest BCUT2D eigenvalue weighted by Gasteiger charge is -2.10. The van der Waals surface area contributed by atoms with E-state index >= 15 is 0 Å². The summed E-state index contributed by atoms with van der Waals surface area (Å²) in [6.45, 7) is 2.66. The van der Waals surface area contributed by atoms with E-state index < -0.39 is 0 Å². The molecule has 0 fully saturated rings. The van der Waals surface area contributed by atoms with Crippen LogP contribution in [0.15, 0.2) is 0 Å². The number of hydrogen-bond acceptors (Lipinski definition) is 4. The molecule has 0 unspecified atom stereocenters. The van der Waals surface area contributed by atoms with Gasteiger partial charge in [0.1, 0.15) is 0 Å². The highest BCUT2D eigenvalue weighted by Gasteiger charge is 2.08. The second-order valence-electron chi connectivity index (χ2n) is 2.00. The molecule has 0 saturated heterocycles. The van der Waals surface area contributed by atoms with Crippen LogP contribution in [0.2, 0.25) is 0 Å². The van der Waals surface area contributed by atoms with Crippen LogP contribution in [0.25, 0.3) is 0 Å². The van der Waals surface area contributed by atoms with Gasteiger partial charge >= 0.3 is 0 Å². The number of fused-ring (bicyclic) bond motifs is 1. The quantitative estimate of drug-likeness (QED) is 0.541. The fourth-order valence-electron chi connectivity index (χ4n) is 0.909. The molecule has 0 aliphatic carbocycles. The van der Waals surface area contributed by atoms with Gasteiger partial charge in [0.15, 0.2) is 5.82 Å². The van der Waals surface area contributed by atoms with Gasteiger partial charge in [-0.15, -0.1) is 17.5 Å². The third kappa shape index (κ3) is 1.10. The highest BCUT2D eigenvalue weighted by Crippen LogP contribution is 1.94. The number of nitrogens with one attached hydrogen (secondary N) is 1. The van der Waals surface area contributed by atoms with Crippen molar-refractivity contribution >= 4 is 12.4 Å². The summed E-state index contributed by atoms with van der Waals surface area (Å²) in [5.41, 5.74) is 0. The number of nitrogens with zero attached hydrogens (tertiary/aromatic N) is 4. The first kappa shape index (κ1) is 7.43. The van der Waals surface area contributed by atoms with Crippen molar-refractivity contribution in [1.29, 1.82) is 0 Å². The first-order chi connectivity index (χ1) is 4.47. The summed E-state index contributed by atoms with van der Waals surface area (Å²) in [6.07, 6.45) is 0. The van der Waals surface area contributed by atoms with E-state index in [-0.39, 0.29) is 12.4 Å². The molecule has 0 spiro atoms. The van der Waals surface area contributed by atoms with E-state index in [0.29, 0.717) is 0 Å². The van der Waals surface area contributed by atoms with Gasteiger partial charge in [-0.3, -0.25) is 0 Å². The molecule has 10 heavy (non-hydrogen) atoms. The van der Waals surface area contributed by atoms with Gasteiger partial charge in [0.25, 0.3) is 0 Å². The Bertz CT molecular complexity index is 189. The van der Waals surface area contributed by atoms with Crippen LogP contribution in [0.5, 0.6) is 0 Å². The summed E-state index contributed by atoms with van der Waals surface area (Å²) >= 11 is 0. The molecular formula is C4H8ClN5. The van der Waals surface area contributed by atoms with E-state index in [9.17, 15) is 0 Å². The van der Waals surface area contributed by atoms with Crippen molar-refractivity contribution < 1.29 is 0 Å². The van der Waals surface area contributed by atoms with Crippen LogP contribution in [0.3, 0.4) is 0 Å². The Hall–Kier alpha value is -0.680. The number of halogens is 1. The Morgan fingerprint density at radius 2 is 2.40 bits per heavy atom. The predicted octanol–water partition coefficient (Wildman–Crippen LogP) is -0.802. The second-order valence-corrected chi connectivity index (χ2v) is 2.00. The maximum atomic E-state index is 3.80. The van der Waals surface area contributed by atoms with Crippen LogP contribution in [0.1, 0.15) is 5.82 Å². The smallest absolute Gasteiger partial charge is 0.165 e. The van der Waals surface area contributed by atoms with E-state index in [0.717, 1.165) is 25.5 Å². The second kappa shape index (κ2) is 2.94. The molecule has 0 aromatic carbocycles. The Morgan fingerprint density at radius 1 is 1.50 bits per heavy atom.